The number of nitrogens with zero attached hydrogens (tertiary/aromatic N) is 1. The number of hydrogen-bond donors (Lipinski definition) is 2. The number of hydrogen-bond acceptors (Lipinski definition) is 2. The van der Waals surface area contributed by atoms with Crippen molar-refractivity contribution in [2.45, 2.75) is 25.3 Å². The van der Waals surface area contributed by atoms with E-state index in [1.807, 2.05) is 0 Å². The standard InChI is InChI=1S/C8H13N3O/c1-10-8(12)11-7-4-2-3-6(7)5-9/h6-7H,2-4H2,1H3,(H2,10,11,12). The third kappa shape index (κ3) is 1.88. The fourth-order valence-corrected chi connectivity index (χ4v) is 1.53. The lowest BCUT2D eigenvalue weighted by Gasteiger charge is -2.14. The second-order valence-electron chi connectivity index (χ2n) is 3.00. The molecule has 1 aliphatic rings. The average Bonchev–Trinajstić information content (AvgIpc) is 2.51. The third-order valence-electron chi connectivity index (χ3n) is 2.23. The Morgan fingerprint density at radius 2 is 2.33 bits per heavy atom. The topological polar surface area (TPSA) is 64.9 Å². The summed E-state index contributed by atoms with van der Waals surface area (Å²) in [5, 5.41) is 13.9. The van der Waals surface area contributed by atoms with Crippen LogP contribution < -0.4 is 10.6 Å². The number of amides is 2. The molecule has 1 saturated carbocycles. The molecule has 0 spiro atoms. The lowest BCUT2D eigenvalue weighted by molar-refractivity contribution is 0.237. The van der Waals surface area contributed by atoms with E-state index in [-0.39, 0.29) is 18.0 Å². The van der Waals surface area contributed by atoms with Crippen LogP contribution in [0.4, 0.5) is 4.79 Å². The van der Waals surface area contributed by atoms with E-state index in [0.29, 0.717) is 0 Å². The highest BCUT2D eigenvalue weighted by Gasteiger charge is 2.27. The zero-order chi connectivity index (χ0) is 8.97. The quantitative estimate of drug-likeness (QED) is 0.601. The van der Waals surface area contributed by atoms with E-state index in [2.05, 4.69) is 16.7 Å². The van der Waals surface area contributed by atoms with Gasteiger partial charge in [-0.15, -0.1) is 0 Å². The highest BCUT2D eigenvalue weighted by molar-refractivity contribution is 5.73. The third-order valence-corrected chi connectivity index (χ3v) is 2.23. The molecule has 0 radical (unpaired) electrons. The summed E-state index contributed by atoms with van der Waals surface area (Å²) in [6.07, 6.45) is 2.86. The Bertz CT molecular complexity index is 209. The monoisotopic (exact) mass is 167 g/mol. The van der Waals surface area contributed by atoms with Crippen LogP contribution in [0.1, 0.15) is 19.3 Å². The molecule has 1 aliphatic carbocycles. The normalized spacial score (nSPS) is 27.7. The molecule has 1 fully saturated rings. The molecular weight excluding hydrogens is 154 g/mol. The van der Waals surface area contributed by atoms with Gasteiger partial charge in [0.25, 0.3) is 0 Å². The predicted octanol–water partition coefficient (Wildman–Crippen LogP) is 0.608. The second kappa shape index (κ2) is 3.96. The van der Waals surface area contributed by atoms with E-state index in [1.54, 1.807) is 7.05 Å². The molecule has 0 aromatic carbocycles. The number of nitrogens with one attached hydrogen (secondary N) is 2. The molecule has 66 valence electrons. The molecule has 4 nitrogen and oxygen atoms in total. The molecule has 0 saturated heterocycles. The first-order valence-corrected chi connectivity index (χ1v) is 4.15. The minimum atomic E-state index is -0.192. The van der Waals surface area contributed by atoms with Crippen LogP contribution in [0.2, 0.25) is 0 Å². The van der Waals surface area contributed by atoms with Crippen LogP contribution in [0, 0.1) is 17.2 Å². The van der Waals surface area contributed by atoms with Gasteiger partial charge in [0.05, 0.1) is 12.0 Å². The summed E-state index contributed by atoms with van der Waals surface area (Å²) in [4.78, 5) is 10.9. The Hall–Kier alpha value is -1.24. The van der Waals surface area contributed by atoms with Gasteiger partial charge in [-0.25, -0.2) is 4.79 Å². The maximum Gasteiger partial charge on any atom is 0.314 e. The van der Waals surface area contributed by atoms with Gasteiger partial charge in [0.1, 0.15) is 0 Å². The van der Waals surface area contributed by atoms with Crippen LogP contribution in [0.15, 0.2) is 0 Å². The van der Waals surface area contributed by atoms with Crippen molar-refractivity contribution in [2.24, 2.45) is 5.92 Å². The minimum Gasteiger partial charge on any atom is -0.341 e. The summed E-state index contributed by atoms with van der Waals surface area (Å²) in [6, 6.07) is 2.06. The summed E-state index contributed by atoms with van der Waals surface area (Å²) in [5.41, 5.74) is 0. The van der Waals surface area contributed by atoms with E-state index >= 15 is 0 Å². The number of nitriles is 1. The van der Waals surface area contributed by atoms with Crippen molar-refractivity contribution in [3.63, 3.8) is 0 Å². The Labute approximate surface area is 71.9 Å². The zero-order valence-corrected chi connectivity index (χ0v) is 7.13. The van der Waals surface area contributed by atoms with Gasteiger partial charge in [-0.3, -0.25) is 0 Å². The van der Waals surface area contributed by atoms with Crippen molar-refractivity contribution in [1.29, 1.82) is 5.26 Å². The summed E-state index contributed by atoms with van der Waals surface area (Å²) in [6.45, 7) is 0. The van der Waals surface area contributed by atoms with E-state index < -0.39 is 0 Å². The molecule has 0 aromatic rings. The van der Waals surface area contributed by atoms with Crippen molar-refractivity contribution in [1.82, 2.24) is 10.6 Å². The van der Waals surface area contributed by atoms with Crippen molar-refractivity contribution in [3.05, 3.63) is 0 Å². The van der Waals surface area contributed by atoms with Crippen molar-refractivity contribution in [2.75, 3.05) is 7.05 Å². The maximum atomic E-state index is 10.9. The molecule has 2 amide bonds. The van der Waals surface area contributed by atoms with Crippen LogP contribution in [-0.4, -0.2) is 19.1 Å². The summed E-state index contributed by atoms with van der Waals surface area (Å²) in [5.74, 6) is 0.00213. The molecule has 1 rings (SSSR count). The summed E-state index contributed by atoms with van der Waals surface area (Å²) < 4.78 is 0. The van der Waals surface area contributed by atoms with Crippen LogP contribution in [0.5, 0.6) is 0 Å². The van der Waals surface area contributed by atoms with Crippen molar-refractivity contribution >= 4 is 6.03 Å². The molecule has 0 bridgehead atoms. The Balaban J connectivity index is 2.42. The lowest BCUT2D eigenvalue weighted by Crippen LogP contribution is -2.41. The Morgan fingerprint density at radius 3 is 2.92 bits per heavy atom. The largest absolute Gasteiger partial charge is 0.341 e. The molecule has 2 unspecified atom stereocenters. The van der Waals surface area contributed by atoms with E-state index in [9.17, 15) is 4.79 Å². The summed E-state index contributed by atoms with van der Waals surface area (Å²) >= 11 is 0. The van der Waals surface area contributed by atoms with Gasteiger partial charge in [0, 0.05) is 13.1 Å². The SMILES string of the molecule is CNC(=O)NC1CCCC1C#N. The van der Waals surface area contributed by atoms with Crippen molar-refractivity contribution in [3.8, 4) is 6.07 Å². The van der Waals surface area contributed by atoms with Crippen LogP contribution in [-0.2, 0) is 0 Å². The van der Waals surface area contributed by atoms with Gasteiger partial charge in [-0.2, -0.15) is 5.26 Å². The minimum absolute atomic E-state index is 0.00213. The molecule has 0 heterocycles. The number of carbonyl (C=O) groups is 1. The number of carbonyl (C=O) groups excluding carboxylic acids is 1. The van der Waals surface area contributed by atoms with Gasteiger partial charge in [-0.05, 0) is 19.3 Å². The second-order valence-corrected chi connectivity index (χ2v) is 3.00. The predicted molar refractivity (Wildman–Crippen MR) is 44.3 cm³/mol. The Morgan fingerprint density at radius 1 is 1.58 bits per heavy atom. The van der Waals surface area contributed by atoms with Crippen LogP contribution in [0.3, 0.4) is 0 Å². The van der Waals surface area contributed by atoms with Gasteiger partial charge in [0.2, 0.25) is 0 Å². The first-order chi connectivity index (χ1) is 5.77. The van der Waals surface area contributed by atoms with Gasteiger partial charge in [-0.1, -0.05) is 0 Å². The van der Waals surface area contributed by atoms with Crippen molar-refractivity contribution < 1.29 is 4.79 Å². The zero-order valence-electron chi connectivity index (χ0n) is 7.13. The fourth-order valence-electron chi connectivity index (χ4n) is 1.53. The first-order valence-electron chi connectivity index (χ1n) is 4.15. The smallest absolute Gasteiger partial charge is 0.314 e. The van der Waals surface area contributed by atoms with E-state index in [4.69, 9.17) is 5.26 Å². The first kappa shape index (κ1) is 8.85. The summed E-state index contributed by atoms with van der Waals surface area (Å²) in [7, 11) is 1.58. The lowest BCUT2D eigenvalue weighted by atomic mass is 10.1. The van der Waals surface area contributed by atoms with Gasteiger partial charge >= 0.3 is 6.03 Å². The molecule has 2 N–H and O–H groups in total. The maximum absolute atomic E-state index is 10.9. The highest BCUT2D eigenvalue weighted by Crippen LogP contribution is 2.24. The van der Waals surface area contributed by atoms with Gasteiger partial charge < -0.3 is 10.6 Å². The van der Waals surface area contributed by atoms with E-state index in [1.165, 1.54) is 0 Å². The molecule has 0 aromatic heterocycles. The number of rotatable bonds is 1. The molecule has 12 heavy (non-hydrogen) atoms. The highest BCUT2D eigenvalue weighted by atomic mass is 16.2. The van der Waals surface area contributed by atoms with Crippen LogP contribution in [0.25, 0.3) is 0 Å². The number of urea groups is 1. The molecule has 0 aliphatic heterocycles. The fraction of sp³-hybridized carbons (Fsp3) is 0.750. The molecule has 2 atom stereocenters. The average molecular weight is 167 g/mol. The van der Waals surface area contributed by atoms with Gasteiger partial charge in [0.15, 0.2) is 0 Å². The van der Waals surface area contributed by atoms with Crippen LogP contribution >= 0.6 is 0 Å². The molecular formula is C8H13N3O. The van der Waals surface area contributed by atoms with E-state index in [0.717, 1.165) is 19.3 Å². The molecule has 4 heteroatoms. The Kier molecular flexibility index (Phi) is 2.92.